The number of nitrogens with zero attached hydrogens (tertiary/aromatic N) is 4. The Labute approximate surface area is 224 Å². The van der Waals surface area contributed by atoms with Gasteiger partial charge in [-0.05, 0) is 99.1 Å². The van der Waals surface area contributed by atoms with Crippen molar-refractivity contribution in [2.75, 3.05) is 36.4 Å². The van der Waals surface area contributed by atoms with Crippen LogP contribution in [0, 0.1) is 37.0 Å². The summed E-state index contributed by atoms with van der Waals surface area (Å²) in [5, 5.41) is 3.72. The summed E-state index contributed by atoms with van der Waals surface area (Å²) in [6.07, 6.45) is 10.3. The molecule has 0 amide bonds. The largest absolute Gasteiger partial charge is 0.366 e. The minimum atomic E-state index is 0.518. The zero-order valence-corrected chi connectivity index (χ0v) is 23.8. The van der Waals surface area contributed by atoms with E-state index in [2.05, 4.69) is 74.1 Å². The van der Waals surface area contributed by atoms with Crippen LogP contribution in [0.3, 0.4) is 0 Å². The molecule has 4 fully saturated rings. The van der Waals surface area contributed by atoms with E-state index in [1.165, 1.54) is 73.9 Å². The fraction of sp³-hybridized carbons (Fsp3) is 0.688. The molecule has 2 aliphatic heterocycles. The van der Waals surface area contributed by atoms with Gasteiger partial charge in [-0.3, -0.25) is 0 Å². The van der Waals surface area contributed by atoms with Crippen LogP contribution in [0.5, 0.6) is 0 Å². The maximum absolute atomic E-state index is 5.14. The number of benzene rings is 1. The number of aryl methyl sites for hydroxylation is 2. The van der Waals surface area contributed by atoms with E-state index in [0.717, 1.165) is 55.2 Å². The molecule has 1 N–H and O–H groups in total. The number of anilines is 2. The van der Waals surface area contributed by atoms with Gasteiger partial charge in [-0.1, -0.05) is 44.5 Å². The normalized spacial score (nSPS) is 25.4. The first kappa shape index (κ1) is 25.2. The lowest BCUT2D eigenvalue weighted by molar-refractivity contribution is -0.00913. The summed E-state index contributed by atoms with van der Waals surface area (Å²) in [5.41, 5.74) is 5.86. The topological polar surface area (TPSA) is 44.3 Å². The third-order valence-corrected chi connectivity index (χ3v) is 10.0. The maximum Gasteiger partial charge on any atom is 0.227 e. The molecule has 2 saturated carbocycles. The SMILES string of the molecule is Cc1ccc(CNc2nc(N3CC([C@H]4CCCN(C5CC(C)(C)C5)C4)C3)ncc2C(C)C2CC2)c(C)c1. The van der Waals surface area contributed by atoms with E-state index in [-0.39, 0.29) is 0 Å². The molecule has 2 atom stereocenters. The Bertz CT molecular complexity index is 1110. The van der Waals surface area contributed by atoms with Gasteiger partial charge in [0.05, 0.1) is 0 Å². The predicted octanol–water partition coefficient (Wildman–Crippen LogP) is 6.56. The molecule has 6 rings (SSSR count). The highest BCUT2D eigenvalue weighted by atomic mass is 15.3. The van der Waals surface area contributed by atoms with Crippen molar-refractivity contribution < 1.29 is 0 Å². The zero-order valence-electron chi connectivity index (χ0n) is 23.8. The molecular formula is C32H47N5. The van der Waals surface area contributed by atoms with Gasteiger partial charge in [0.25, 0.3) is 0 Å². The molecule has 5 nitrogen and oxygen atoms in total. The smallest absolute Gasteiger partial charge is 0.227 e. The molecule has 2 aromatic rings. The number of rotatable bonds is 8. The minimum Gasteiger partial charge on any atom is -0.366 e. The van der Waals surface area contributed by atoms with Crippen molar-refractivity contribution in [2.24, 2.45) is 23.2 Å². The summed E-state index contributed by atoms with van der Waals surface area (Å²) in [6, 6.07) is 7.57. The number of hydrogen-bond acceptors (Lipinski definition) is 5. The van der Waals surface area contributed by atoms with E-state index in [1.54, 1.807) is 0 Å². The molecule has 3 heterocycles. The van der Waals surface area contributed by atoms with E-state index in [0.29, 0.717) is 11.3 Å². The monoisotopic (exact) mass is 501 g/mol. The van der Waals surface area contributed by atoms with Crippen molar-refractivity contribution in [3.63, 3.8) is 0 Å². The quantitative estimate of drug-likeness (QED) is 0.444. The molecule has 0 bridgehead atoms. The molecule has 5 heteroatoms. The summed E-state index contributed by atoms with van der Waals surface area (Å²) in [6.45, 7) is 17.2. The van der Waals surface area contributed by atoms with Crippen LogP contribution >= 0.6 is 0 Å². The first-order valence-corrected chi connectivity index (χ1v) is 14.9. The minimum absolute atomic E-state index is 0.518. The second kappa shape index (κ2) is 9.87. The van der Waals surface area contributed by atoms with Crippen molar-refractivity contribution in [2.45, 2.75) is 91.6 Å². The van der Waals surface area contributed by atoms with Crippen molar-refractivity contribution >= 4 is 11.8 Å². The lowest BCUT2D eigenvalue weighted by atomic mass is 9.67. The van der Waals surface area contributed by atoms with Gasteiger partial charge in [0, 0.05) is 44.0 Å². The van der Waals surface area contributed by atoms with Gasteiger partial charge in [0.15, 0.2) is 0 Å². The van der Waals surface area contributed by atoms with Crippen LogP contribution in [0.25, 0.3) is 0 Å². The average molecular weight is 502 g/mol. The van der Waals surface area contributed by atoms with E-state index in [4.69, 9.17) is 9.97 Å². The summed E-state index contributed by atoms with van der Waals surface area (Å²) in [7, 11) is 0. The first-order chi connectivity index (χ1) is 17.8. The van der Waals surface area contributed by atoms with Crippen LogP contribution in [0.2, 0.25) is 0 Å². The first-order valence-electron chi connectivity index (χ1n) is 14.9. The van der Waals surface area contributed by atoms with Crippen LogP contribution in [-0.2, 0) is 6.54 Å². The number of piperidine rings is 1. The Morgan fingerprint density at radius 1 is 1.05 bits per heavy atom. The molecular weight excluding hydrogens is 454 g/mol. The Hall–Kier alpha value is -2.14. The molecule has 1 aromatic heterocycles. The van der Waals surface area contributed by atoms with Crippen LogP contribution in [0.1, 0.15) is 87.5 Å². The number of likely N-dealkylation sites (tertiary alicyclic amines) is 1. The highest BCUT2D eigenvalue weighted by molar-refractivity contribution is 5.51. The van der Waals surface area contributed by atoms with Gasteiger partial charge in [0.1, 0.15) is 5.82 Å². The standard InChI is InChI=1S/C32H47N5/c1-21-8-9-25(22(2)13-21)16-33-30-29(23(3)24-10-11-24)17-34-31(35-30)37-19-27(20-37)26-7-6-12-36(18-26)28-14-32(4,5)15-28/h8-9,13,17,23-24,26-28H,6-7,10-12,14-16,18-20H2,1-5H3,(H,33,34,35)/t23?,26-/m0/s1. The Morgan fingerprint density at radius 3 is 2.54 bits per heavy atom. The molecule has 2 aliphatic carbocycles. The number of aromatic nitrogens is 2. The highest BCUT2D eigenvalue weighted by Gasteiger charge is 2.43. The van der Waals surface area contributed by atoms with Crippen LogP contribution < -0.4 is 10.2 Å². The van der Waals surface area contributed by atoms with Gasteiger partial charge in [-0.25, -0.2) is 4.98 Å². The molecule has 1 unspecified atom stereocenters. The third-order valence-electron chi connectivity index (χ3n) is 10.0. The molecule has 4 aliphatic rings. The summed E-state index contributed by atoms with van der Waals surface area (Å²) < 4.78 is 0. The lowest BCUT2D eigenvalue weighted by Gasteiger charge is -2.53. The van der Waals surface area contributed by atoms with Gasteiger partial charge in [0.2, 0.25) is 5.95 Å². The summed E-state index contributed by atoms with van der Waals surface area (Å²) in [4.78, 5) is 15.3. The average Bonchev–Trinajstić information content (AvgIpc) is 3.67. The van der Waals surface area contributed by atoms with Crippen LogP contribution in [0.15, 0.2) is 24.4 Å². The second-order valence-electron chi connectivity index (χ2n) is 13.7. The Balaban J connectivity index is 1.11. The third kappa shape index (κ3) is 5.39. The molecule has 200 valence electrons. The van der Waals surface area contributed by atoms with Gasteiger partial charge in [-0.15, -0.1) is 0 Å². The van der Waals surface area contributed by atoms with E-state index in [9.17, 15) is 0 Å². The highest BCUT2D eigenvalue weighted by Crippen LogP contribution is 2.46. The lowest BCUT2D eigenvalue weighted by Crippen LogP contribution is -2.57. The van der Waals surface area contributed by atoms with Crippen molar-refractivity contribution in [1.82, 2.24) is 14.9 Å². The van der Waals surface area contributed by atoms with Crippen molar-refractivity contribution in [3.05, 3.63) is 46.6 Å². The van der Waals surface area contributed by atoms with Crippen LogP contribution in [0.4, 0.5) is 11.8 Å². The molecule has 37 heavy (non-hydrogen) atoms. The van der Waals surface area contributed by atoms with Crippen molar-refractivity contribution in [3.8, 4) is 0 Å². The maximum atomic E-state index is 5.14. The van der Waals surface area contributed by atoms with Gasteiger partial charge >= 0.3 is 0 Å². The van der Waals surface area contributed by atoms with Gasteiger partial charge < -0.3 is 15.1 Å². The predicted molar refractivity (Wildman–Crippen MR) is 153 cm³/mol. The molecule has 2 saturated heterocycles. The van der Waals surface area contributed by atoms with E-state index in [1.807, 2.05) is 0 Å². The number of hydrogen-bond donors (Lipinski definition) is 1. The van der Waals surface area contributed by atoms with E-state index >= 15 is 0 Å². The summed E-state index contributed by atoms with van der Waals surface area (Å²) >= 11 is 0. The molecule has 0 spiro atoms. The number of nitrogens with one attached hydrogen (secondary N) is 1. The van der Waals surface area contributed by atoms with Crippen molar-refractivity contribution in [1.29, 1.82) is 0 Å². The van der Waals surface area contributed by atoms with E-state index < -0.39 is 0 Å². The molecule has 0 radical (unpaired) electrons. The van der Waals surface area contributed by atoms with Crippen LogP contribution in [-0.4, -0.2) is 47.1 Å². The zero-order chi connectivity index (χ0) is 25.7. The fourth-order valence-electron chi connectivity index (χ4n) is 7.29. The second-order valence-corrected chi connectivity index (χ2v) is 13.7. The van der Waals surface area contributed by atoms with Gasteiger partial charge in [-0.2, -0.15) is 4.98 Å². The Kier molecular flexibility index (Phi) is 6.71. The Morgan fingerprint density at radius 2 is 1.84 bits per heavy atom. The summed E-state index contributed by atoms with van der Waals surface area (Å²) in [5.74, 6) is 4.90. The fourth-order valence-corrected chi connectivity index (χ4v) is 7.29. The molecule has 1 aromatic carbocycles.